The first-order chi connectivity index (χ1) is 11.9. The van der Waals surface area contributed by atoms with Crippen LogP contribution in [0.25, 0.3) is 10.8 Å². The third-order valence-corrected chi connectivity index (χ3v) is 5.08. The normalized spacial score (nSPS) is 11.0. The number of nitrogens with one attached hydrogen (secondary N) is 2. The van der Waals surface area contributed by atoms with E-state index in [1.165, 1.54) is 18.2 Å². The van der Waals surface area contributed by atoms with Crippen LogP contribution in [0.15, 0.2) is 40.2 Å². The molecule has 0 fully saturated rings. The van der Waals surface area contributed by atoms with Crippen LogP contribution in [0.5, 0.6) is 0 Å². The number of pyridine rings is 1. The highest BCUT2D eigenvalue weighted by atomic mass is 35.5. The van der Waals surface area contributed by atoms with Crippen molar-refractivity contribution >= 4 is 40.3 Å². The zero-order chi connectivity index (χ0) is 18.1. The van der Waals surface area contributed by atoms with Crippen molar-refractivity contribution in [3.05, 3.63) is 74.3 Å². The fraction of sp³-hybridized carbons (Fsp3) is 0.0588. The summed E-state index contributed by atoms with van der Waals surface area (Å²) >= 11 is 6.79. The summed E-state index contributed by atoms with van der Waals surface area (Å²) in [7, 11) is 0. The lowest BCUT2D eigenvalue weighted by atomic mass is 10.1. The van der Waals surface area contributed by atoms with Gasteiger partial charge in [-0.1, -0.05) is 17.7 Å². The van der Waals surface area contributed by atoms with Gasteiger partial charge in [-0.05, 0) is 29.7 Å². The van der Waals surface area contributed by atoms with E-state index in [2.05, 4.69) is 4.98 Å². The van der Waals surface area contributed by atoms with E-state index in [1.54, 1.807) is 0 Å². The number of hydrogen-bond acceptors (Lipinski definition) is 3. The van der Waals surface area contributed by atoms with Crippen molar-refractivity contribution in [2.24, 2.45) is 0 Å². The molecule has 0 aliphatic heterocycles. The molecule has 3 nitrogen and oxygen atoms in total. The van der Waals surface area contributed by atoms with Gasteiger partial charge in [0.15, 0.2) is 0 Å². The van der Waals surface area contributed by atoms with Crippen LogP contribution in [0, 0.1) is 22.9 Å². The Hall–Kier alpha value is -2.25. The Bertz CT molecular complexity index is 1050. The van der Waals surface area contributed by atoms with Crippen molar-refractivity contribution in [1.29, 1.82) is 5.41 Å². The minimum absolute atomic E-state index is 0.0480. The second-order valence-electron chi connectivity index (χ2n) is 5.14. The first kappa shape index (κ1) is 17.6. The molecule has 1 aromatic heterocycles. The Morgan fingerprint density at radius 2 is 1.84 bits per heavy atom. The highest BCUT2D eigenvalue weighted by Crippen LogP contribution is 2.33. The zero-order valence-electron chi connectivity index (χ0n) is 12.5. The summed E-state index contributed by atoms with van der Waals surface area (Å²) in [6.45, 7) is 0. The summed E-state index contributed by atoms with van der Waals surface area (Å²) < 4.78 is 41.0. The second kappa shape index (κ2) is 6.93. The van der Waals surface area contributed by atoms with Gasteiger partial charge in [0.25, 0.3) is 5.56 Å². The van der Waals surface area contributed by atoms with Gasteiger partial charge in [-0.2, -0.15) is 0 Å². The van der Waals surface area contributed by atoms with E-state index in [0.29, 0.717) is 10.8 Å². The fourth-order valence-corrected chi connectivity index (χ4v) is 3.76. The van der Waals surface area contributed by atoms with Gasteiger partial charge in [-0.25, -0.2) is 13.2 Å². The number of aromatic nitrogens is 1. The van der Waals surface area contributed by atoms with E-state index in [9.17, 15) is 18.0 Å². The molecular weight excluding hydrogens is 373 g/mol. The number of rotatable bonds is 4. The van der Waals surface area contributed by atoms with Crippen LogP contribution >= 0.6 is 23.4 Å². The smallest absolute Gasteiger partial charge is 0.258 e. The fourth-order valence-electron chi connectivity index (χ4n) is 2.40. The topological polar surface area (TPSA) is 56.7 Å². The van der Waals surface area contributed by atoms with Crippen molar-refractivity contribution in [2.45, 2.75) is 10.8 Å². The summed E-state index contributed by atoms with van der Waals surface area (Å²) in [4.78, 5) is 14.6. The lowest BCUT2D eigenvalue weighted by molar-refractivity contribution is 0.592. The van der Waals surface area contributed by atoms with Crippen molar-refractivity contribution in [3.8, 4) is 0 Å². The quantitative estimate of drug-likeness (QED) is 0.383. The van der Waals surface area contributed by atoms with Crippen LogP contribution in [-0.4, -0.2) is 11.2 Å². The molecule has 0 aliphatic carbocycles. The van der Waals surface area contributed by atoms with E-state index < -0.39 is 23.0 Å². The predicted octanol–water partition coefficient (Wildman–Crippen LogP) is 4.89. The van der Waals surface area contributed by atoms with Crippen LogP contribution in [-0.2, 0) is 5.75 Å². The first-order valence-corrected chi connectivity index (χ1v) is 8.40. The lowest BCUT2D eigenvalue weighted by Crippen LogP contribution is -2.13. The maximum Gasteiger partial charge on any atom is 0.258 e. The molecular formula is C17H10ClF3N2OS. The Morgan fingerprint density at radius 3 is 2.56 bits per heavy atom. The third-order valence-electron chi connectivity index (χ3n) is 3.63. The predicted molar refractivity (Wildman–Crippen MR) is 93.3 cm³/mol. The van der Waals surface area contributed by atoms with Gasteiger partial charge in [0, 0.05) is 22.9 Å². The number of halogens is 4. The minimum Gasteiger partial charge on any atom is -0.316 e. The van der Waals surface area contributed by atoms with E-state index in [1.807, 2.05) is 0 Å². The number of aromatic amines is 1. The Morgan fingerprint density at radius 1 is 1.12 bits per heavy atom. The van der Waals surface area contributed by atoms with Gasteiger partial charge in [-0.3, -0.25) is 4.79 Å². The summed E-state index contributed by atoms with van der Waals surface area (Å²) in [5.74, 6) is -2.00. The van der Waals surface area contributed by atoms with E-state index >= 15 is 0 Å². The van der Waals surface area contributed by atoms with Gasteiger partial charge < -0.3 is 10.4 Å². The average molecular weight is 383 g/mol. The van der Waals surface area contributed by atoms with Crippen molar-refractivity contribution in [2.75, 3.05) is 0 Å². The van der Waals surface area contributed by atoms with Gasteiger partial charge in [0.1, 0.15) is 17.5 Å². The Labute approximate surface area is 149 Å². The highest BCUT2D eigenvalue weighted by Gasteiger charge is 2.15. The molecule has 1 heterocycles. The summed E-state index contributed by atoms with van der Waals surface area (Å²) in [5, 5.41) is 8.07. The van der Waals surface area contributed by atoms with E-state index in [4.69, 9.17) is 17.0 Å². The molecule has 8 heteroatoms. The maximum absolute atomic E-state index is 13.9. The largest absolute Gasteiger partial charge is 0.316 e. The summed E-state index contributed by atoms with van der Waals surface area (Å²) in [6, 6.07) is 5.70. The molecule has 0 aliphatic rings. The Kier molecular flexibility index (Phi) is 4.87. The van der Waals surface area contributed by atoms with Crippen LogP contribution in [0.3, 0.4) is 0 Å². The zero-order valence-corrected chi connectivity index (χ0v) is 14.1. The molecule has 0 unspecified atom stereocenters. The molecule has 0 amide bonds. The molecule has 0 saturated heterocycles. The standard InChI is InChI=1S/C17H10ClF3N2OS/c18-15-12(13(20)3-4-14(15)21)7-25-17-10-5-8(19)1-2-9(10)11(6-22)16(24)23-17/h1-6,22H,7H2,(H,23,24). The Balaban J connectivity index is 2.09. The van der Waals surface area contributed by atoms with Crippen LogP contribution in [0.4, 0.5) is 13.2 Å². The van der Waals surface area contributed by atoms with Gasteiger partial charge in [-0.15, -0.1) is 11.8 Å². The lowest BCUT2D eigenvalue weighted by Gasteiger charge is -2.10. The number of fused-ring (bicyclic) bond motifs is 1. The molecule has 2 aromatic carbocycles. The molecule has 0 spiro atoms. The highest BCUT2D eigenvalue weighted by molar-refractivity contribution is 7.98. The number of thioether (sulfide) groups is 1. The minimum atomic E-state index is -0.748. The van der Waals surface area contributed by atoms with Crippen molar-refractivity contribution < 1.29 is 13.2 Å². The molecule has 0 radical (unpaired) electrons. The molecule has 0 atom stereocenters. The summed E-state index contributed by atoms with van der Waals surface area (Å²) in [6.07, 6.45) is 0.886. The number of benzene rings is 2. The third kappa shape index (κ3) is 3.29. The van der Waals surface area contributed by atoms with Gasteiger partial charge >= 0.3 is 0 Å². The van der Waals surface area contributed by atoms with Crippen molar-refractivity contribution in [1.82, 2.24) is 4.98 Å². The van der Waals surface area contributed by atoms with Crippen LogP contribution in [0.1, 0.15) is 11.1 Å². The van der Waals surface area contributed by atoms with Crippen molar-refractivity contribution in [3.63, 3.8) is 0 Å². The van der Waals surface area contributed by atoms with E-state index in [0.717, 1.165) is 30.1 Å². The summed E-state index contributed by atoms with van der Waals surface area (Å²) in [5.41, 5.74) is -0.482. The maximum atomic E-state index is 13.9. The number of hydrogen-bond donors (Lipinski definition) is 2. The molecule has 0 bridgehead atoms. The molecule has 0 saturated carbocycles. The molecule has 128 valence electrons. The van der Waals surface area contributed by atoms with Gasteiger partial charge in [0.2, 0.25) is 0 Å². The SMILES string of the molecule is N=Cc1c(=O)[nH]c(SCc2c(F)ccc(F)c2Cl)c2cc(F)ccc12. The van der Waals surface area contributed by atoms with E-state index in [-0.39, 0.29) is 26.9 Å². The molecule has 3 aromatic rings. The average Bonchev–Trinajstić information content (AvgIpc) is 2.58. The number of H-pyrrole nitrogens is 1. The molecule has 3 rings (SSSR count). The molecule has 2 N–H and O–H groups in total. The monoisotopic (exact) mass is 382 g/mol. The second-order valence-corrected chi connectivity index (χ2v) is 6.51. The molecule has 25 heavy (non-hydrogen) atoms. The van der Waals surface area contributed by atoms with Crippen LogP contribution in [0.2, 0.25) is 5.02 Å². The van der Waals surface area contributed by atoms with Gasteiger partial charge in [0.05, 0.1) is 15.6 Å². The van der Waals surface area contributed by atoms with Crippen LogP contribution < -0.4 is 5.56 Å². The first-order valence-electron chi connectivity index (χ1n) is 7.03.